The van der Waals surface area contributed by atoms with E-state index in [1.54, 1.807) is 17.5 Å². The Bertz CT molecular complexity index is 1080. The molecule has 1 aliphatic rings. The summed E-state index contributed by atoms with van der Waals surface area (Å²) in [7, 11) is 0. The maximum atomic E-state index is 13.0. The highest BCUT2D eigenvalue weighted by molar-refractivity contribution is 7.09. The van der Waals surface area contributed by atoms with Crippen molar-refractivity contribution < 1.29 is 4.79 Å². The molecule has 4 rings (SSSR count). The molecule has 3 aromatic rings. The summed E-state index contributed by atoms with van der Waals surface area (Å²) in [6.45, 7) is 9.74. The highest BCUT2D eigenvalue weighted by Crippen LogP contribution is 2.33. The normalized spacial score (nSPS) is 15.5. The Hall–Kier alpha value is -2.27. The summed E-state index contributed by atoms with van der Waals surface area (Å²) in [5, 5.41) is 1.86. The van der Waals surface area contributed by atoms with Crippen LogP contribution in [0.4, 0.5) is 0 Å². The third-order valence-electron chi connectivity index (χ3n) is 5.05. The van der Waals surface area contributed by atoms with Crippen molar-refractivity contribution in [1.82, 2.24) is 9.55 Å². The quantitative estimate of drug-likeness (QED) is 0.653. The van der Waals surface area contributed by atoms with E-state index >= 15 is 0 Å². The molecule has 2 aromatic heterocycles. The second-order valence-corrected chi connectivity index (χ2v) is 9.38. The molecule has 5 heteroatoms. The lowest BCUT2D eigenvalue weighted by atomic mass is 9.93. The molecular formula is C22H25N3OS. The molecule has 2 heterocycles. The maximum absolute atomic E-state index is 13.0. The molecule has 0 unspecified atom stereocenters. The number of hydrogen-bond donors (Lipinski definition) is 0. The third-order valence-corrected chi connectivity index (χ3v) is 6.66. The van der Waals surface area contributed by atoms with Crippen LogP contribution in [0.25, 0.3) is 10.8 Å². The molecule has 0 spiro atoms. The first kappa shape index (κ1) is 18.1. The van der Waals surface area contributed by atoms with Crippen molar-refractivity contribution in [2.75, 3.05) is 0 Å². The number of pyridine rings is 1. The average Bonchev–Trinajstić information content (AvgIpc) is 3.39. The molecule has 0 radical (unpaired) electrons. The van der Waals surface area contributed by atoms with Crippen LogP contribution in [0.3, 0.4) is 0 Å². The Morgan fingerprint density at radius 1 is 1.26 bits per heavy atom. The van der Waals surface area contributed by atoms with E-state index in [0.717, 1.165) is 28.0 Å². The number of amides is 1. The SMILES string of the molecule is Cc1c(C(C)(C)C)s/c(=N\C(=O)c2nccc3ccccc23)n1CC1CC1. The molecule has 140 valence electrons. The maximum Gasteiger partial charge on any atom is 0.298 e. The van der Waals surface area contributed by atoms with Gasteiger partial charge in [-0.05, 0) is 42.6 Å². The largest absolute Gasteiger partial charge is 0.320 e. The molecule has 27 heavy (non-hydrogen) atoms. The van der Waals surface area contributed by atoms with E-state index in [9.17, 15) is 4.79 Å². The number of aromatic nitrogens is 2. The van der Waals surface area contributed by atoms with E-state index in [0.29, 0.717) is 5.69 Å². The minimum Gasteiger partial charge on any atom is -0.320 e. The molecule has 1 saturated carbocycles. The number of nitrogens with zero attached hydrogens (tertiary/aromatic N) is 3. The van der Waals surface area contributed by atoms with Gasteiger partial charge in [-0.25, -0.2) is 0 Å². The van der Waals surface area contributed by atoms with Gasteiger partial charge in [0.15, 0.2) is 4.80 Å². The fraction of sp³-hybridized carbons (Fsp3) is 0.409. The standard InChI is InChI=1S/C22H25N3OS/c1-14-19(22(2,3)4)27-21(25(14)13-15-9-10-15)24-20(26)18-17-8-6-5-7-16(17)11-12-23-18/h5-8,11-12,15H,9-10,13H2,1-4H3/b24-21-. The lowest BCUT2D eigenvalue weighted by Gasteiger charge is -2.17. The number of carbonyl (C=O) groups excluding carboxylic acids is 1. The summed E-state index contributed by atoms with van der Waals surface area (Å²) in [6.07, 6.45) is 4.22. The van der Waals surface area contributed by atoms with Gasteiger partial charge in [0.05, 0.1) is 0 Å². The van der Waals surface area contributed by atoms with E-state index in [2.05, 4.69) is 42.2 Å². The molecule has 1 aromatic carbocycles. The van der Waals surface area contributed by atoms with Gasteiger partial charge < -0.3 is 4.57 Å². The number of rotatable bonds is 3. The Kier molecular flexibility index (Phi) is 4.50. The van der Waals surface area contributed by atoms with Crippen molar-refractivity contribution in [3.05, 3.63) is 57.6 Å². The van der Waals surface area contributed by atoms with Crippen LogP contribution in [0.5, 0.6) is 0 Å². The van der Waals surface area contributed by atoms with Gasteiger partial charge in [0.2, 0.25) is 0 Å². The predicted molar refractivity (Wildman–Crippen MR) is 110 cm³/mol. The summed E-state index contributed by atoms with van der Waals surface area (Å²) < 4.78 is 2.24. The van der Waals surface area contributed by atoms with Crippen molar-refractivity contribution in [2.45, 2.75) is 52.5 Å². The number of carbonyl (C=O) groups is 1. The number of benzene rings is 1. The molecule has 1 aliphatic carbocycles. The zero-order chi connectivity index (χ0) is 19.2. The number of fused-ring (bicyclic) bond motifs is 1. The minimum atomic E-state index is -0.266. The average molecular weight is 380 g/mol. The highest BCUT2D eigenvalue weighted by atomic mass is 32.1. The smallest absolute Gasteiger partial charge is 0.298 e. The molecule has 0 N–H and O–H groups in total. The van der Waals surface area contributed by atoms with Crippen molar-refractivity contribution in [1.29, 1.82) is 0 Å². The molecule has 4 nitrogen and oxygen atoms in total. The number of thiazole rings is 1. The van der Waals surface area contributed by atoms with Crippen LogP contribution in [0.1, 0.15) is 54.7 Å². The molecule has 0 bridgehead atoms. The molecule has 0 atom stereocenters. The van der Waals surface area contributed by atoms with Crippen LogP contribution in [0.2, 0.25) is 0 Å². The van der Waals surface area contributed by atoms with Gasteiger partial charge in [0.1, 0.15) is 5.69 Å². The van der Waals surface area contributed by atoms with Crippen LogP contribution in [0, 0.1) is 12.8 Å². The fourth-order valence-corrected chi connectivity index (χ4v) is 4.67. The van der Waals surface area contributed by atoms with E-state index < -0.39 is 0 Å². The second-order valence-electron chi connectivity index (χ2n) is 8.40. The van der Waals surface area contributed by atoms with E-state index in [1.807, 2.05) is 30.3 Å². The molecule has 0 saturated heterocycles. The summed E-state index contributed by atoms with van der Waals surface area (Å²) in [5.74, 6) is 0.453. The Morgan fingerprint density at radius 2 is 2.00 bits per heavy atom. The van der Waals surface area contributed by atoms with Gasteiger partial charge in [-0.15, -0.1) is 11.3 Å². The van der Waals surface area contributed by atoms with Crippen molar-refractivity contribution in [3.63, 3.8) is 0 Å². The van der Waals surface area contributed by atoms with Gasteiger partial charge in [-0.1, -0.05) is 45.0 Å². The summed E-state index contributed by atoms with van der Waals surface area (Å²) >= 11 is 1.64. The van der Waals surface area contributed by atoms with Crippen LogP contribution in [0.15, 0.2) is 41.5 Å². The predicted octanol–water partition coefficient (Wildman–Crippen LogP) is 4.85. The van der Waals surface area contributed by atoms with Gasteiger partial charge in [0.25, 0.3) is 5.91 Å². The monoisotopic (exact) mass is 379 g/mol. The van der Waals surface area contributed by atoms with E-state index in [4.69, 9.17) is 0 Å². The second kappa shape index (κ2) is 6.71. The van der Waals surface area contributed by atoms with Crippen molar-refractivity contribution >= 4 is 28.0 Å². The van der Waals surface area contributed by atoms with E-state index in [1.165, 1.54) is 23.4 Å². The van der Waals surface area contributed by atoms with Crippen molar-refractivity contribution in [2.24, 2.45) is 10.9 Å². The zero-order valence-electron chi connectivity index (χ0n) is 16.3. The zero-order valence-corrected chi connectivity index (χ0v) is 17.1. The first-order valence-corrected chi connectivity index (χ1v) is 10.3. The lowest BCUT2D eigenvalue weighted by molar-refractivity contribution is 0.0994. The van der Waals surface area contributed by atoms with Crippen LogP contribution < -0.4 is 4.80 Å². The van der Waals surface area contributed by atoms with Gasteiger partial charge in [-0.3, -0.25) is 9.78 Å². The lowest BCUT2D eigenvalue weighted by Crippen LogP contribution is -2.20. The molecule has 1 amide bonds. The molecular weight excluding hydrogens is 354 g/mol. The Balaban J connectivity index is 1.84. The van der Waals surface area contributed by atoms with Crippen LogP contribution in [-0.4, -0.2) is 15.5 Å². The van der Waals surface area contributed by atoms with E-state index in [-0.39, 0.29) is 11.3 Å². The topological polar surface area (TPSA) is 47.2 Å². The Morgan fingerprint density at radius 3 is 2.70 bits per heavy atom. The number of hydrogen-bond acceptors (Lipinski definition) is 3. The molecule has 1 fully saturated rings. The van der Waals surface area contributed by atoms with Crippen LogP contribution >= 0.6 is 11.3 Å². The van der Waals surface area contributed by atoms with Gasteiger partial charge in [-0.2, -0.15) is 4.99 Å². The first-order chi connectivity index (χ1) is 12.8. The van der Waals surface area contributed by atoms with Crippen LogP contribution in [-0.2, 0) is 12.0 Å². The fourth-order valence-electron chi connectivity index (χ4n) is 3.47. The highest BCUT2D eigenvalue weighted by Gasteiger charge is 2.27. The minimum absolute atomic E-state index is 0.0363. The molecule has 0 aliphatic heterocycles. The first-order valence-electron chi connectivity index (χ1n) is 9.48. The van der Waals surface area contributed by atoms with Crippen molar-refractivity contribution in [3.8, 4) is 0 Å². The third kappa shape index (κ3) is 3.61. The Labute approximate surface area is 163 Å². The van der Waals surface area contributed by atoms with Gasteiger partial charge >= 0.3 is 0 Å². The summed E-state index contributed by atoms with van der Waals surface area (Å²) in [4.78, 5) is 24.0. The summed E-state index contributed by atoms with van der Waals surface area (Å²) in [6, 6.07) is 9.75. The van der Waals surface area contributed by atoms with Gasteiger partial charge in [0, 0.05) is 28.7 Å². The summed E-state index contributed by atoms with van der Waals surface area (Å²) in [5.41, 5.74) is 1.69.